The second kappa shape index (κ2) is 4.55. The third kappa shape index (κ3) is 2.64. The van der Waals surface area contributed by atoms with Gasteiger partial charge < -0.3 is 5.11 Å². The van der Waals surface area contributed by atoms with E-state index in [0.717, 1.165) is 5.82 Å². The van der Waals surface area contributed by atoms with Gasteiger partial charge >= 0.3 is 0 Å². The lowest BCUT2D eigenvalue weighted by molar-refractivity contribution is 0.172. The molecule has 0 amide bonds. The van der Waals surface area contributed by atoms with E-state index in [0.29, 0.717) is 12.8 Å². The Morgan fingerprint density at radius 1 is 1.53 bits per heavy atom. The Morgan fingerprint density at radius 2 is 2.40 bits per heavy atom. The second-order valence-corrected chi connectivity index (χ2v) is 4.47. The Hall–Kier alpha value is -1.20. The number of hydrogen-bond acceptors (Lipinski definition) is 4. The van der Waals surface area contributed by atoms with Crippen LogP contribution >= 0.6 is 11.3 Å². The van der Waals surface area contributed by atoms with Crippen molar-refractivity contribution in [2.45, 2.75) is 18.9 Å². The van der Waals surface area contributed by atoms with Crippen LogP contribution in [0, 0.1) is 0 Å². The van der Waals surface area contributed by atoms with E-state index < -0.39 is 0 Å². The maximum atomic E-state index is 9.84. The summed E-state index contributed by atoms with van der Waals surface area (Å²) in [6, 6.07) is 4.03. The molecule has 0 aliphatic carbocycles. The number of thiophene rings is 1. The van der Waals surface area contributed by atoms with Gasteiger partial charge in [0, 0.05) is 24.8 Å². The Balaban J connectivity index is 1.93. The monoisotopic (exact) mass is 223 g/mol. The standard InChI is InChI=1S/C10H13N3OS/c1-13-10(11-7-12-13)6-8(14)5-9-3-2-4-15-9/h2-4,7-8,14H,5-6H2,1H3. The minimum absolute atomic E-state index is 0.383. The molecule has 0 radical (unpaired) electrons. The molecule has 0 aliphatic heterocycles. The number of aryl methyl sites for hydroxylation is 1. The molecule has 1 atom stereocenters. The summed E-state index contributed by atoms with van der Waals surface area (Å²) >= 11 is 1.67. The van der Waals surface area contributed by atoms with Gasteiger partial charge in [0.15, 0.2) is 0 Å². The van der Waals surface area contributed by atoms with Crippen molar-refractivity contribution in [1.29, 1.82) is 0 Å². The number of aliphatic hydroxyl groups excluding tert-OH is 1. The van der Waals surface area contributed by atoms with Crippen LogP contribution in [0.25, 0.3) is 0 Å². The van der Waals surface area contributed by atoms with E-state index in [9.17, 15) is 5.11 Å². The van der Waals surface area contributed by atoms with E-state index in [1.165, 1.54) is 11.2 Å². The lowest BCUT2D eigenvalue weighted by Crippen LogP contribution is -2.16. The van der Waals surface area contributed by atoms with Gasteiger partial charge in [-0.25, -0.2) is 4.98 Å². The zero-order valence-electron chi connectivity index (χ0n) is 8.50. The molecule has 80 valence electrons. The Bertz CT molecular complexity index is 410. The maximum Gasteiger partial charge on any atom is 0.138 e. The Morgan fingerprint density at radius 3 is 3.00 bits per heavy atom. The highest BCUT2D eigenvalue weighted by molar-refractivity contribution is 7.09. The first kappa shape index (κ1) is 10.3. The first-order valence-electron chi connectivity index (χ1n) is 4.79. The number of aliphatic hydroxyl groups is 1. The summed E-state index contributed by atoms with van der Waals surface area (Å²) in [7, 11) is 1.83. The average Bonchev–Trinajstić information content (AvgIpc) is 2.79. The zero-order valence-corrected chi connectivity index (χ0v) is 9.31. The summed E-state index contributed by atoms with van der Waals surface area (Å²) in [5.41, 5.74) is 0. The van der Waals surface area contributed by atoms with Crippen LogP contribution in [0.5, 0.6) is 0 Å². The van der Waals surface area contributed by atoms with Crippen molar-refractivity contribution in [2.75, 3.05) is 0 Å². The van der Waals surface area contributed by atoms with Gasteiger partial charge in [0.1, 0.15) is 12.2 Å². The van der Waals surface area contributed by atoms with Crippen LogP contribution in [0.4, 0.5) is 0 Å². The highest BCUT2D eigenvalue weighted by atomic mass is 32.1. The largest absolute Gasteiger partial charge is 0.392 e. The molecule has 0 bridgehead atoms. The second-order valence-electron chi connectivity index (χ2n) is 3.44. The van der Waals surface area contributed by atoms with Crippen LogP contribution in [0.1, 0.15) is 10.7 Å². The molecule has 2 aromatic heterocycles. The quantitative estimate of drug-likeness (QED) is 0.842. The van der Waals surface area contributed by atoms with Crippen molar-refractivity contribution < 1.29 is 5.11 Å². The summed E-state index contributed by atoms with van der Waals surface area (Å²) in [5.74, 6) is 0.819. The first-order valence-corrected chi connectivity index (χ1v) is 5.67. The lowest BCUT2D eigenvalue weighted by atomic mass is 10.1. The van der Waals surface area contributed by atoms with E-state index in [1.54, 1.807) is 16.0 Å². The molecule has 15 heavy (non-hydrogen) atoms. The third-order valence-electron chi connectivity index (χ3n) is 2.24. The van der Waals surface area contributed by atoms with Gasteiger partial charge in [-0.05, 0) is 11.4 Å². The van der Waals surface area contributed by atoms with Gasteiger partial charge in [-0.2, -0.15) is 5.10 Å². The summed E-state index contributed by atoms with van der Waals surface area (Å²) in [4.78, 5) is 5.28. The SMILES string of the molecule is Cn1ncnc1CC(O)Cc1cccs1. The average molecular weight is 223 g/mol. The zero-order chi connectivity index (χ0) is 10.7. The molecule has 2 heterocycles. The smallest absolute Gasteiger partial charge is 0.138 e. The van der Waals surface area contributed by atoms with Crippen molar-refractivity contribution in [3.05, 3.63) is 34.5 Å². The highest BCUT2D eigenvalue weighted by Crippen LogP contribution is 2.12. The minimum Gasteiger partial charge on any atom is -0.392 e. The van der Waals surface area contributed by atoms with E-state index in [-0.39, 0.29) is 6.10 Å². The van der Waals surface area contributed by atoms with Gasteiger partial charge in [-0.15, -0.1) is 11.3 Å². The van der Waals surface area contributed by atoms with Gasteiger partial charge in [0.05, 0.1) is 6.10 Å². The van der Waals surface area contributed by atoms with Gasteiger partial charge in [0.25, 0.3) is 0 Å². The van der Waals surface area contributed by atoms with Crippen molar-refractivity contribution >= 4 is 11.3 Å². The molecule has 0 fully saturated rings. The van der Waals surface area contributed by atoms with Crippen molar-refractivity contribution in [2.24, 2.45) is 7.05 Å². The predicted molar refractivity (Wildman–Crippen MR) is 58.7 cm³/mol. The van der Waals surface area contributed by atoms with Gasteiger partial charge in [-0.1, -0.05) is 6.07 Å². The fraction of sp³-hybridized carbons (Fsp3) is 0.400. The Labute approximate surface area is 92.2 Å². The van der Waals surface area contributed by atoms with E-state index >= 15 is 0 Å². The summed E-state index contributed by atoms with van der Waals surface area (Å²) in [6.45, 7) is 0. The van der Waals surface area contributed by atoms with Gasteiger partial charge in [0.2, 0.25) is 0 Å². The first-order chi connectivity index (χ1) is 7.25. The number of aromatic nitrogens is 3. The van der Waals surface area contributed by atoms with Crippen LogP contribution in [0.2, 0.25) is 0 Å². The van der Waals surface area contributed by atoms with E-state index in [4.69, 9.17) is 0 Å². The molecule has 0 saturated carbocycles. The van der Waals surface area contributed by atoms with Gasteiger partial charge in [-0.3, -0.25) is 4.68 Å². The molecule has 2 rings (SSSR count). The normalized spacial score (nSPS) is 12.9. The highest BCUT2D eigenvalue weighted by Gasteiger charge is 2.10. The molecule has 1 unspecified atom stereocenters. The molecular formula is C10H13N3OS. The molecule has 4 nitrogen and oxygen atoms in total. The molecule has 0 spiro atoms. The van der Waals surface area contributed by atoms with E-state index in [1.807, 2.05) is 24.6 Å². The molecular weight excluding hydrogens is 210 g/mol. The molecule has 5 heteroatoms. The van der Waals surface area contributed by atoms with Crippen molar-refractivity contribution in [3.63, 3.8) is 0 Å². The lowest BCUT2D eigenvalue weighted by Gasteiger charge is -2.07. The number of hydrogen-bond donors (Lipinski definition) is 1. The van der Waals surface area contributed by atoms with Crippen LogP contribution in [-0.4, -0.2) is 26.0 Å². The maximum absolute atomic E-state index is 9.84. The fourth-order valence-corrected chi connectivity index (χ4v) is 2.23. The van der Waals surface area contributed by atoms with Crippen LogP contribution < -0.4 is 0 Å². The van der Waals surface area contributed by atoms with Crippen LogP contribution in [0.15, 0.2) is 23.8 Å². The van der Waals surface area contributed by atoms with E-state index in [2.05, 4.69) is 10.1 Å². The van der Waals surface area contributed by atoms with Crippen LogP contribution in [0.3, 0.4) is 0 Å². The number of rotatable bonds is 4. The van der Waals surface area contributed by atoms with Crippen LogP contribution in [-0.2, 0) is 19.9 Å². The van der Waals surface area contributed by atoms with Crippen molar-refractivity contribution in [3.8, 4) is 0 Å². The molecule has 1 N–H and O–H groups in total. The molecule has 0 saturated heterocycles. The Kier molecular flexibility index (Phi) is 3.13. The minimum atomic E-state index is -0.383. The number of nitrogens with zero attached hydrogens (tertiary/aromatic N) is 3. The summed E-state index contributed by atoms with van der Waals surface area (Å²) < 4.78 is 1.69. The fourth-order valence-electron chi connectivity index (χ4n) is 1.45. The topological polar surface area (TPSA) is 50.9 Å². The summed E-state index contributed by atoms with van der Waals surface area (Å²) in [5, 5.41) is 15.8. The predicted octanol–water partition coefficient (Wildman–Crippen LogP) is 1.02. The molecule has 2 aromatic rings. The third-order valence-corrected chi connectivity index (χ3v) is 3.14. The molecule has 0 aliphatic rings. The summed E-state index contributed by atoms with van der Waals surface area (Å²) in [6.07, 6.45) is 2.36. The molecule has 0 aromatic carbocycles. The van der Waals surface area contributed by atoms with Crippen molar-refractivity contribution in [1.82, 2.24) is 14.8 Å².